The number of hydrogen-bond donors (Lipinski definition) is 3. The maximum atomic E-state index is 15.4. The zero-order chi connectivity index (χ0) is 40.8. The molecule has 10 nitrogen and oxygen atoms in total. The number of aliphatic hydroxyl groups excluding tert-OH is 1. The van der Waals surface area contributed by atoms with Gasteiger partial charge in [0, 0.05) is 35.3 Å². The highest BCUT2D eigenvalue weighted by atomic mass is 35.5. The van der Waals surface area contributed by atoms with Gasteiger partial charge in [-0.05, 0) is 90.5 Å². The fraction of sp³-hybridized carbons (Fsp3) is 0.413. The first kappa shape index (κ1) is 40.3. The highest BCUT2D eigenvalue weighted by Crippen LogP contribution is 2.60. The summed E-state index contributed by atoms with van der Waals surface area (Å²) in [7, 11) is -0.900. The van der Waals surface area contributed by atoms with Gasteiger partial charge < -0.3 is 35.0 Å². The van der Waals surface area contributed by atoms with Gasteiger partial charge in [0.25, 0.3) is 5.91 Å². The van der Waals surface area contributed by atoms with Gasteiger partial charge in [-0.25, -0.2) is 0 Å². The Hall–Kier alpha value is -4.52. The van der Waals surface area contributed by atoms with Crippen LogP contribution in [0.25, 0.3) is 0 Å². The van der Waals surface area contributed by atoms with Crippen molar-refractivity contribution < 1.29 is 29.0 Å². The van der Waals surface area contributed by atoms with Crippen LogP contribution in [-0.2, 0) is 44.2 Å². The summed E-state index contributed by atoms with van der Waals surface area (Å²) in [4.78, 5) is 46.7. The van der Waals surface area contributed by atoms with Gasteiger partial charge in [-0.15, -0.1) is 0 Å². The largest absolute Gasteiger partial charge is 0.497 e. The maximum Gasteiger partial charge on any atom is 0.264 e. The van der Waals surface area contributed by atoms with Crippen molar-refractivity contribution >= 4 is 54.0 Å². The molecule has 0 radical (unpaired) electrons. The second-order valence-corrected chi connectivity index (χ2v) is 22.1. The lowest BCUT2D eigenvalue weighted by atomic mass is 9.82. The average molecular weight is 821 g/mol. The normalized spacial score (nSPS) is 25.4. The first-order valence-corrected chi connectivity index (χ1v) is 23.9. The Morgan fingerprint density at radius 3 is 2.53 bits per heavy atom. The fourth-order valence-corrected chi connectivity index (χ4v) is 14.4. The molecule has 4 aromatic carbocycles. The number of nitrogens with zero attached hydrogens (tertiary/aromatic N) is 2. The molecule has 3 N–H and O–H groups in total. The van der Waals surface area contributed by atoms with Gasteiger partial charge in [0.05, 0.1) is 58.5 Å². The number of hydrogen-bond acceptors (Lipinski definition) is 7. The van der Waals surface area contributed by atoms with Crippen molar-refractivity contribution in [2.75, 3.05) is 37.0 Å². The first-order valence-electron chi connectivity index (χ1n) is 20.5. The Morgan fingerprint density at radius 2 is 1.81 bits per heavy atom. The van der Waals surface area contributed by atoms with Crippen LogP contribution in [0.15, 0.2) is 91.0 Å². The lowest BCUT2D eigenvalue weighted by Gasteiger charge is -2.39. The molecule has 3 amide bonds. The molecule has 4 aliphatic heterocycles. The molecule has 58 heavy (non-hydrogen) atoms. The van der Waals surface area contributed by atoms with Gasteiger partial charge in [-0.2, -0.15) is 0 Å². The van der Waals surface area contributed by atoms with E-state index in [1.807, 2.05) is 66.7 Å². The molecule has 0 aromatic heterocycles. The Morgan fingerprint density at radius 1 is 1.03 bits per heavy atom. The monoisotopic (exact) mass is 820 g/mol. The van der Waals surface area contributed by atoms with Crippen LogP contribution in [0.3, 0.4) is 0 Å². The fourth-order valence-electron chi connectivity index (χ4n) is 10.2. The third-order valence-electron chi connectivity index (χ3n) is 13.3. The molecule has 1 unspecified atom stereocenters. The molecule has 0 aliphatic carbocycles. The number of aliphatic hydroxyl groups is 1. The van der Waals surface area contributed by atoms with E-state index >= 15 is 4.79 Å². The summed E-state index contributed by atoms with van der Waals surface area (Å²) < 4.78 is 12.8. The molecular formula is C46H53ClN4O6Si. The van der Waals surface area contributed by atoms with Crippen LogP contribution >= 0.6 is 11.6 Å². The van der Waals surface area contributed by atoms with Crippen molar-refractivity contribution in [3.05, 3.63) is 118 Å². The lowest BCUT2D eigenvalue weighted by molar-refractivity contribution is -0.151. The zero-order valence-corrected chi connectivity index (χ0v) is 35.4. The van der Waals surface area contributed by atoms with Crippen LogP contribution in [0.4, 0.5) is 11.4 Å². The molecule has 0 bridgehead atoms. The number of carbonyl (C=O) groups excluding carboxylic acids is 3. The van der Waals surface area contributed by atoms with Crippen LogP contribution < -0.4 is 25.5 Å². The summed E-state index contributed by atoms with van der Waals surface area (Å²) >= 11 is 6.75. The molecule has 304 valence electrons. The molecule has 12 heteroatoms. The van der Waals surface area contributed by atoms with Crippen molar-refractivity contribution in [1.82, 2.24) is 10.2 Å². The molecule has 6 atom stereocenters. The van der Waals surface area contributed by atoms with E-state index in [1.165, 1.54) is 5.19 Å². The Kier molecular flexibility index (Phi) is 11.3. The summed E-state index contributed by atoms with van der Waals surface area (Å²) in [6.07, 6.45) is 1.84. The van der Waals surface area contributed by atoms with E-state index in [1.54, 1.807) is 23.0 Å². The molecular weight excluding hydrogens is 768 g/mol. The van der Waals surface area contributed by atoms with Gasteiger partial charge in [0.2, 0.25) is 11.8 Å². The molecule has 2 saturated heterocycles. The predicted octanol–water partition coefficient (Wildman–Crippen LogP) is 6.39. The van der Waals surface area contributed by atoms with Crippen LogP contribution in [0, 0.1) is 11.8 Å². The standard InChI is InChI=1S/C46H53ClN4O6Si/c1-29-43(58(3,4)38-17-15-37(56-2)16-18-38)41(24-42(53)50-27-33-11-6-5-10-31(33)22-36(50)28-52)57-46(29)39-23-34(47)14-19-40(39)51(45(46)55)26-30-9-7-13-35(21-30)49-44(54)32-12-8-20-48-25-32/h5-7,9-11,13-19,21,23,29,32,36,41,43,48,52H,8,12,20,22,24-28H2,1-4H3,(H,49,54)/t29-,32?,36+,41+,43-,46+/m1/s1. The van der Waals surface area contributed by atoms with Crippen LogP contribution in [0.1, 0.15) is 48.4 Å². The number of carbonyl (C=O) groups is 3. The van der Waals surface area contributed by atoms with Crippen molar-refractivity contribution in [3.8, 4) is 5.75 Å². The number of piperidine rings is 1. The Balaban J connectivity index is 1.14. The highest BCUT2D eigenvalue weighted by Gasteiger charge is 2.66. The molecule has 4 heterocycles. The lowest BCUT2D eigenvalue weighted by Crippen LogP contribution is -2.52. The second-order valence-electron chi connectivity index (χ2n) is 17.0. The van der Waals surface area contributed by atoms with E-state index in [0.717, 1.165) is 41.8 Å². The summed E-state index contributed by atoms with van der Waals surface area (Å²) in [6, 6.07) is 29.1. The zero-order valence-electron chi connectivity index (χ0n) is 33.7. The van der Waals surface area contributed by atoms with E-state index in [0.29, 0.717) is 41.5 Å². The minimum absolute atomic E-state index is 0.0111. The van der Waals surface area contributed by atoms with Gasteiger partial charge in [0.1, 0.15) is 5.75 Å². The average Bonchev–Trinajstić information content (AvgIpc) is 3.66. The van der Waals surface area contributed by atoms with Gasteiger partial charge in [-0.1, -0.05) is 85.3 Å². The molecule has 1 spiro atoms. The number of methoxy groups -OCH3 is 1. The minimum atomic E-state index is -2.55. The minimum Gasteiger partial charge on any atom is -0.497 e. The molecule has 0 saturated carbocycles. The van der Waals surface area contributed by atoms with Crippen LogP contribution in [-0.4, -0.2) is 74.8 Å². The first-order chi connectivity index (χ1) is 27.9. The van der Waals surface area contributed by atoms with E-state index in [-0.39, 0.29) is 60.7 Å². The number of benzene rings is 4. The van der Waals surface area contributed by atoms with Gasteiger partial charge in [-0.3, -0.25) is 14.4 Å². The summed E-state index contributed by atoms with van der Waals surface area (Å²) in [5.41, 5.74) is 3.59. The number of fused-ring (bicyclic) bond motifs is 3. The maximum absolute atomic E-state index is 15.4. The van der Waals surface area contributed by atoms with Crippen molar-refractivity contribution in [3.63, 3.8) is 0 Å². The van der Waals surface area contributed by atoms with E-state index in [9.17, 15) is 14.7 Å². The van der Waals surface area contributed by atoms with Gasteiger partial charge >= 0.3 is 0 Å². The second kappa shape index (κ2) is 16.3. The summed E-state index contributed by atoms with van der Waals surface area (Å²) in [5, 5.41) is 18.6. The molecule has 4 aliphatic rings. The van der Waals surface area contributed by atoms with Crippen molar-refractivity contribution in [2.24, 2.45) is 11.8 Å². The van der Waals surface area contributed by atoms with E-state index in [2.05, 4.69) is 48.9 Å². The molecule has 4 aromatic rings. The van der Waals surface area contributed by atoms with Crippen molar-refractivity contribution in [1.29, 1.82) is 0 Å². The number of rotatable bonds is 10. The van der Waals surface area contributed by atoms with Gasteiger partial charge in [0.15, 0.2) is 5.60 Å². The number of halogens is 1. The van der Waals surface area contributed by atoms with Crippen molar-refractivity contribution in [2.45, 2.75) is 82.1 Å². The summed E-state index contributed by atoms with van der Waals surface area (Å²) in [6.45, 7) is 8.78. The van der Waals surface area contributed by atoms with E-state index in [4.69, 9.17) is 21.1 Å². The molecule has 8 rings (SSSR count). The SMILES string of the molecule is COc1ccc([Si](C)(C)[C@H]2[C@H](CC(=O)N3Cc4ccccc4C[C@H]3CO)O[C@@]3(C(=O)N(Cc4cccc(NC(=O)C5CCCNC5)c4)c4ccc(Cl)cc43)[C@@H]2C)cc1. The van der Waals surface area contributed by atoms with Crippen LogP contribution in [0.2, 0.25) is 23.7 Å². The Labute approximate surface area is 346 Å². The number of ether oxygens (including phenoxy) is 2. The number of amides is 3. The van der Waals surface area contributed by atoms with E-state index < -0.39 is 19.8 Å². The predicted molar refractivity (Wildman–Crippen MR) is 229 cm³/mol. The third kappa shape index (κ3) is 7.25. The molecule has 2 fully saturated rings. The smallest absolute Gasteiger partial charge is 0.264 e. The number of anilines is 2. The third-order valence-corrected chi connectivity index (χ3v) is 17.9. The Bertz CT molecular complexity index is 2190. The van der Waals surface area contributed by atoms with Crippen LogP contribution in [0.5, 0.6) is 5.75 Å². The topological polar surface area (TPSA) is 120 Å². The quantitative estimate of drug-likeness (QED) is 0.159. The number of nitrogens with one attached hydrogen (secondary N) is 2. The highest BCUT2D eigenvalue weighted by molar-refractivity contribution is 6.91. The summed E-state index contributed by atoms with van der Waals surface area (Å²) in [5.74, 6) is 0.0159.